The number of halogens is 2. The molecule has 0 unspecified atom stereocenters. The van der Waals surface area contributed by atoms with Crippen molar-refractivity contribution in [3.05, 3.63) is 23.8 Å². The van der Waals surface area contributed by atoms with E-state index >= 15 is 0 Å². The standard InChI is InChI=1S/C8H10FNO.C2H6.CH3F/c1-6-3-4-7(10-2)8(5-6)11-9;2*1-2/h3-5,10H,1-2H3;1-2H3;1H3. The topological polar surface area (TPSA) is 21.3 Å². The van der Waals surface area contributed by atoms with E-state index in [0.29, 0.717) is 12.9 Å². The van der Waals surface area contributed by atoms with Gasteiger partial charge in [0.1, 0.15) is 0 Å². The van der Waals surface area contributed by atoms with Crippen molar-refractivity contribution in [1.29, 1.82) is 0 Å². The fourth-order valence-corrected chi connectivity index (χ4v) is 0.900. The summed E-state index contributed by atoms with van der Waals surface area (Å²) in [5.74, 6) is 0.229. The Morgan fingerprint density at radius 3 is 2.13 bits per heavy atom. The third kappa shape index (κ3) is 5.88. The van der Waals surface area contributed by atoms with Crippen molar-refractivity contribution in [3.63, 3.8) is 0 Å². The molecule has 1 aromatic carbocycles. The van der Waals surface area contributed by atoms with Crippen molar-refractivity contribution < 1.29 is 13.9 Å². The highest BCUT2D eigenvalue weighted by atomic mass is 19.3. The summed E-state index contributed by atoms with van der Waals surface area (Å²) in [6.45, 7) is 5.88. The van der Waals surface area contributed by atoms with Crippen LogP contribution in [0.1, 0.15) is 19.4 Å². The fourth-order valence-electron chi connectivity index (χ4n) is 0.900. The number of aryl methyl sites for hydroxylation is 1. The molecule has 1 rings (SSSR count). The fraction of sp³-hybridized carbons (Fsp3) is 0.455. The molecule has 0 amide bonds. The molecule has 0 aliphatic rings. The van der Waals surface area contributed by atoms with Gasteiger partial charge in [0, 0.05) is 11.6 Å². The lowest BCUT2D eigenvalue weighted by Gasteiger charge is -2.04. The minimum atomic E-state index is 0.229. The SMILES string of the molecule is CC.CF.CNc1ccc(C)cc1OF. The predicted molar refractivity (Wildman–Crippen MR) is 60.8 cm³/mol. The smallest absolute Gasteiger partial charge is 0.195 e. The van der Waals surface area contributed by atoms with E-state index < -0.39 is 0 Å². The number of alkyl halides is 1. The maximum Gasteiger partial charge on any atom is 0.195 e. The van der Waals surface area contributed by atoms with Crippen LogP contribution >= 0.6 is 0 Å². The minimum absolute atomic E-state index is 0.229. The van der Waals surface area contributed by atoms with Crippen LogP contribution in [0.15, 0.2) is 18.2 Å². The molecular weight excluding hydrogens is 200 g/mol. The van der Waals surface area contributed by atoms with Crippen molar-refractivity contribution >= 4 is 5.69 Å². The van der Waals surface area contributed by atoms with Gasteiger partial charge in [-0.1, -0.05) is 19.9 Å². The molecule has 0 bridgehead atoms. The minimum Gasteiger partial charge on any atom is -0.385 e. The Balaban J connectivity index is 0. The first kappa shape index (κ1) is 16.1. The molecule has 0 aromatic heterocycles. The van der Waals surface area contributed by atoms with Gasteiger partial charge in [0.25, 0.3) is 0 Å². The van der Waals surface area contributed by atoms with E-state index in [9.17, 15) is 8.92 Å². The Labute approximate surface area is 90.2 Å². The van der Waals surface area contributed by atoms with Crippen LogP contribution in [-0.2, 0) is 0 Å². The second kappa shape index (κ2) is 10.8. The van der Waals surface area contributed by atoms with Crippen molar-refractivity contribution in [2.45, 2.75) is 20.8 Å². The highest BCUT2D eigenvalue weighted by Crippen LogP contribution is 2.24. The van der Waals surface area contributed by atoms with Crippen LogP contribution in [-0.4, -0.2) is 14.2 Å². The number of benzene rings is 1. The molecule has 0 saturated carbocycles. The molecule has 0 aliphatic carbocycles. The zero-order valence-electron chi connectivity index (χ0n) is 9.90. The highest BCUT2D eigenvalue weighted by molar-refractivity contribution is 5.56. The van der Waals surface area contributed by atoms with Crippen molar-refractivity contribution in [2.75, 3.05) is 19.5 Å². The van der Waals surface area contributed by atoms with Crippen molar-refractivity contribution in [2.24, 2.45) is 0 Å². The van der Waals surface area contributed by atoms with Gasteiger partial charge in [-0.2, -0.15) is 0 Å². The Kier molecular flexibility index (Phi) is 11.6. The largest absolute Gasteiger partial charge is 0.385 e. The van der Waals surface area contributed by atoms with Crippen LogP contribution in [0.2, 0.25) is 0 Å². The Morgan fingerprint density at radius 1 is 1.20 bits per heavy atom. The number of nitrogens with one attached hydrogen (secondary N) is 1. The molecule has 0 aliphatic heterocycles. The maximum atomic E-state index is 11.8. The summed E-state index contributed by atoms with van der Waals surface area (Å²) >= 11 is 0. The van der Waals surface area contributed by atoms with Gasteiger partial charge in [-0.05, 0) is 24.6 Å². The molecular formula is C11H19F2NO. The average molecular weight is 219 g/mol. The Bertz CT molecular complexity index is 254. The van der Waals surface area contributed by atoms with E-state index in [2.05, 4.69) is 10.3 Å². The molecule has 0 spiro atoms. The molecule has 4 heteroatoms. The zero-order chi connectivity index (χ0) is 12.3. The first-order valence-electron chi connectivity index (χ1n) is 4.72. The second-order valence-electron chi connectivity index (χ2n) is 2.33. The molecule has 1 N–H and O–H groups in total. The molecule has 0 atom stereocenters. The molecule has 15 heavy (non-hydrogen) atoms. The van der Waals surface area contributed by atoms with E-state index in [0.717, 1.165) is 5.56 Å². The highest BCUT2D eigenvalue weighted by Gasteiger charge is 2.01. The molecule has 0 heterocycles. The Morgan fingerprint density at radius 2 is 1.73 bits per heavy atom. The van der Waals surface area contributed by atoms with Gasteiger partial charge in [0.05, 0.1) is 12.9 Å². The van der Waals surface area contributed by atoms with E-state index in [1.165, 1.54) is 0 Å². The first-order chi connectivity index (χ1) is 7.27. The van der Waals surface area contributed by atoms with Crippen LogP contribution in [0.5, 0.6) is 5.75 Å². The second-order valence-corrected chi connectivity index (χ2v) is 2.33. The summed E-state index contributed by atoms with van der Waals surface area (Å²) in [5, 5.41) is 2.81. The van der Waals surface area contributed by atoms with Crippen LogP contribution in [0, 0.1) is 6.92 Å². The lowest BCUT2D eigenvalue weighted by molar-refractivity contribution is -0.00533. The summed E-state index contributed by atoms with van der Waals surface area (Å²) in [6, 6.07) is 5.28. The average Bonchev–Trinajstić information content (AvgIpc) is 2.34. The van der Waals surface area contributed by atoms with Crippen LogP contribution in [0.3, 0.4) is 0 Å². The monoisotopic (exact) mass is 219 g/mol. The number of hydrogen-bond acceptors (Lipinski definition) is 2. The first-order valence-corrected chi connectivity index (χ1v) is 4.72. The van der Waals surface area contributed by atoms with Gasteiger partial charge in [0.2, 0.25) is 0 Å². The Hall–Kier alpha value is -1.32. The molecule has 88 valence electrons. The predicted octanol–water partition coefficient (Wildman–Crippen LogP) is 3.91. The van der Waals surface area contributed by atoms with E-state index in [-0.39, 0.29) is 5.75 Å². The molecule has 0 radical (unpaired) electrons. The molecule has 0 fully saturated rings. The third-order valence-electron chi connectivity index (χ3n) is 1.49. The van der Waals surface area contributed by atoms with Crippen molar-refractivity contribution in [3.8, 4) is 5.75 Å². The van der Waals surface area contributed by atoms with Crippen LogP contribution < -0.4 is 10.3 Å². The number of rotatable bonds is 2. The number of anilines is 1. The lowest BCUT2D eigenvalue weighted by atomic mass is 10.2. The summed E-state index contributed by atoms with van der Waals surface area (Å²) in [6.07, 6.45) is 0. The van der Waals surface area contributed by atoms with E-state index in [1.807, 2.05) is 26.8 Å². The van der Waals surface area contributed by atoms with Crippen LogP contribution in [0.25, 0.3) is 0 Å². The van der Waals surface area contributed by atoms with Gasteiger partial charge in [0.15, 0.2) is 5.75 Å². The zero-order valence-corrected chi connectivity index (χ0v) is 9.90. The molecule has 2 nitrogen and oxygen atoms in total. The van der Waals surface area contributed by atoms with Gasteiger partial charge >= 0.3 is 0 Å². The quantitative estimate of drug-likeness (QED) is 0.814. The number of hydrogen-bond donors (Lipinski definition) is 1. The summed E-state index contributed by atoms with van der Waals surface area (Å²) in [7, 11) is 2.22. The summed E-state index contributed by atoms with van der Waals surface area (Å²) in [4.78, 5) is 3.65. The normalized spacial score (nSPS) is 7.67. The van der Waals surface area contributed by atoms with Crippen molar-refractivity contribution in [1.82, 2.24) is 0 Å². The van der Waals surface area contributed by atoms with Gasteiger partial charge in [-0.25, -0.2) is 0 Å². The van der Waals surface area contributed by atoms with Gasteiger partial charge in [-0.3, -0.25) is 9.33 Å². The maximum absolute atomic E-state index is 11.8. The van der Waals surface area contributed by atoms with E-state index in [1.54, 1.807) is 19.2 Å². The van der Waals surface area contributed by atoms with Crippen LogP contribution in [0.4, 0.5) is 14.6 Å². The van der Waals surface area contributed by atoms with Gasteiger partial charge < -0.3 is 5.32 Å². The molecule has 0 saturated heterocycles. The summed E-state index contributed by atoms with van der Waals surface area (Å²) < 4.78 is 21.3. The third-order valence-corrected chi connectivity index (χ3v) is 1.49. The van der Waals surface area contributed by atoms with E-state index in [4.69, 9.17) is 0 Å². The molecule has 1 aromatic rings. The lowest BCUT2D eigenvalue weighted by Crippen LogP contribution is -1.91. The van der Waals surface area contributed by atoms with Gasteiger partial charge in [-0.15, -0.1) is 0 Å². The summed E-state index contributed by atoms with van der Waals surface area (Å²) in [5.41, 5.74) is 1.62.